The molecular formula is C30H28N2O6S. The SMILES string of the molecule is CCOc1ccc(C2/C(=C(\O)c3cccc(OCC)c3)C(=O)C(=O)N2c2nc3ccc(OCC)cc3s2)cc1. The number of rotatable bonds is 9. The number of aliphatic hydroxyl groups is 1. The summed E-state index contributed by atoms with van der Waals surface area (Å²) in [4.78, 5) is 33.1. The van der Waals surface area contributed by atoms with Crippen LogP contribution in [-0.2, 0) is 9.59 Å². The number of benzene rings is 3. The van der Waals surface area contributed by atoms with Gasteiger partial charge in [-0.1, -0.05) is 35.6 Å². The van der Waals surface area contributed by atoms with Gasteiger partial charge in [0, 0.05) is 5.56 Å². The third-order valence-electron chi connectivity index (χ3n) is 6.24. The quantitative estimate of drug-likeness (QED) is 0.154. The number of carbonyl (C=O) groups excluding carboxylic acids is 2. The molecule has 0 aliphatic carbocycles. The number of aromatic nitrogens is 1. The molecule has 9 heteroatoms. The summed E-state index contributed by atoms with van der Waals surface area (Å²) >= 11 is 1.28. The Morgan fingerprint density at radius 2 is 1.51 bits per heavy atom. The van der Waals surface area contributed by atoms with E-state index in [-0.39, 0.29) is 11.3 Å². The second-order valence-corrected chi connectivity index (χ2v) is 9.70. The minimum Gasteiger partial charge on any atom is -0.507 e. The van der Waals surface area contributed by atoms with Gasteiger partial charge in [0.2, 0.25) is 0 Å². The number of aliphatic hydroxyl groups excluding tert-OH is 1. The van der Waals surface area contributed by atoms with Crippen LogP contribution in [0.4, 0.5) is 5.13 Å². The molecule has 2 heterocycles. The fourth-order valence-electron chi connectivity index (χ4n) is 4.57. The molecular weight excluding hydrogens is 516 g/mol. The second-order valence-electron chi connectivity index (χ2n) is 8.69. The van der Waals surface area contributed by atoms with Crippen molar-refractivity contribution in [3.8, 4) is 17.2 Å². The van der Waals surface area contributed by atoms with Crippen LogP contribution < -0.4 is 19.1 Å². The first-order valence-electron chi connectivity index (χ1n) is 12.8. The van der Waals surface area contributed by atoms with E-state index in [1.54, 1.807) is 48.5 Å². The van der Waals surface area contributed by atoms with Crippen LogP contribution in [0.5, 0.6) is 17.2 Å². The normalized spacial score (nSPS) is 16.6. The Hall–Kier alpha value is -4.37. The molecule has 0 bridgehead atoms. The summed E-state index contributed by atoms with van der Waals surface area (Å²) in [6.07, 6.45) is 0. The van der Waals surface area contributed by atoms with Gasteiger partial charge in [0.25, 0.3) is 5.78 Å². The van der Waals surface area contributed by atoms with Crippen molar-refractivity contribution < 1.29 is 28.9 Å². The summed E-state index contributed by atoms with van der Waals surface area (Å²) in [5.74, 6) is 0.0641. The highest BCUT2D eigenvalue weighted by atomic mass is 32.1. The molecule has 200 valence electrons. The topological polar surface area (TPSA) is 98.2 Å². The van der Waals surface area contributed by atoms with E-state index in [9.17, 15) is 14.7 Å². The number of amides is 1. The van der Waals surface area contributed by atoms with Crippen LogP contribution >= 0.6 is 11.3 Å². The second kappa shape index (κ2) is 11.2. The highest BCUT2D eigenvalue weighted by molar-refractivity contribution is 7.22. The van der Waals surface area contributed by atoms with Gasteiger partial charge in [0.05, 0.1) is 41.7 Å². The number of ketones is 1. The zero-order chi connectivity index (χ0) is 27.5. The number of anilines is 1. The standard InChI is InChI=1S/C30H28N2O6S/c1-4-36-20-12-10-18(11-13-20)26-25(27(33)19-8-7-9-21(16-19)37-5-2)28(34)29(35)32(26)30-31-23-15-14-22(38-6-3)17-24(23)39-30/h7-17,26,33H,4-6H2,1-3H3/b27-25+. The zero-order valence-corrected chi connectivity index (χ0v) is 22.7. The molecule has 1 aliphatic heterocycles. The minimum atomic E-state index is -0.900. The van der Waals surface area contributed by atoms with E-state index in [0.717, 1.165) is 4.70 Å². The van der Waals surface area contributed by atoms with E-state index in [1.165, 1.54) is 16.2 Å². The summed E-state index contributed by atoms with van der Waals surface area (Å²) < 4.78 is 17.6. The molecule has 0 radical (unpaired) electrons. The molecule has 1 N–H and O–H groups in total. The molecule has 1 aromatic heterocycles. The third kappa shape index (κ3) is 5.05. The van der Waals surface area contributed by atoms with E-state index in [2.05, 4.69) is 4.98 Å². The highest BCUT2D eigenvalue weighted by Gasteiger charge is 2.48. The molecule has 1 saturated heterocycles. The van der Waals surface area contributed by atoms with Crippen LogP contribution in [0, 0.1) is 0 Å². The first kappa shape index (κ1) is 26.2. The molecule has 1 amide bonds. The van der Waals surface area contributed by atoms with Gasteiger partial charge < -0.3 is 19.3 Å². The van der Waals surface area contributed by atoms with Gasteiger partial charge in [0.15, 0.2) is 5.13 Å². The Morgan fingerprint density at radius 1 is 0.872 bits per heavy atom. The third-order valence-corrected chi connectivity index (χ3v) is 7.25. The highest BCUT2D eigenvalue weighted by Crippen LogP contribution is 2.45. The predicted molar refractivity (Wildman–Crippen MR) is 151 cm³/mol. The fourth-order valence-corrected chi connectivity index (χ4v) is 5.59. The molecule has 4 aromatic rings. The largest absolute Gasteiger partial charge is 0.507 e. The Kier molecular flexibility index (Phi) is 7.51. The molecule has 1 fully saturated rings. The van der Waals surface area contributed by atoms with Crippen molar-refractivity contribution >= 4 is 44.1 Å². The van der Waals surface area contributed by atoms with Gasteiger partial charge in [-0.3, -0.25) is 14.5 Å². The lowest BCUT2D eigenvalue weighted by atomic mass is 9.95. The molecule has 0 saturated carbocycles. The molecule has 1 unspecified atom stereocenters. The van der Waals surface area contributed by atoms with E-state index in [4.69, 9.17) is 14.2 Å². The van der Waals surface area contributed by atoms with E-state index in [0.29, 0.717) is 58.8 Å². The smallest absolute Gasteiger partial charge is 0.301 e. The maximum absolute atomic E-state index is 13.5. The lowest BCUT2D eigenvalue weighted by Gasteiger charge is -2.23. The minimum absolute atomic E-state index is 0.0212. The van der Waals surface area contributed by atoms with Crippen LogP contribution in [0.25, 0.3) is 16.0 Å². The number of ether oxygens (including phenoxy) is 3. The van der Waals surface area contributed by atoms with E-state index < -0.39 is 17.7 Å². The molecule has 0 spiro atoms. The molecule has 1 atom stereocenters. The maximum atomic E-state index is 13.5. The zero-order valence-electron chi connectivity index (χ0n) is 21.8. The number of hydrogen-bond acceptors (Lipinski definition) is 8. The molecule has 5 rings (SSSR count). The van der Waals surface area contributed by atoms with Crippen molar-refractivity contribution in [3.05, 3.63) is 83.4 Å². The van der Waals surface area contributed by atoms with Crippen LogP contribution in [0.15, 0.2) is 72.3 Å². The van der Waals surface area contributed by atoms with Gasteiger partial charge in [-0.05, 0) is 68.8 Å². The maximum Gasteiger partial charge on any atom is 0.301 e. The number of Topliss-reactive ketones (excluding diaryl/α,β-unsaturated/α-hetero) is 1. The monoisotopic (exact) mass is 544 g/mol. The summed E-state index contributed by atoms with van der Waals surface area (Å²) in [7, 11) is 0. The van der Waals surface area contributed by atoms with E-state index >= 15 is 0 Å². The van der Waals surface area contributed by atoms with Gasteiger partial charge in [-0.2, -0.15) is 0 Å². The number of fused-ring (bicyclic) bond motifs is 1. The number of thiazole rings is 1. The Balaban J connectivity index is 1.66. The van der Waals surface area contributed by atoms with Crippen LogP contribution in [0.1, 0.15) is 37.9 Å². The summed E-state index contributed by atoms with van der Waals surface area (Å²) in [6.45, 7) is 7.13. The van der Waals surface area contributed by atoms with Crippen LogP contribution in [0.2, 0.25) is 0 Å². The average Bonchev–Trinajstić information content (AvgIpc) is 3.47. The average molecular weight is 545 g/mol. The van der Waals surface area contributed by atoms with Crippen molar-refractivity contribution in [2.45, 2.75) is 26.8 Å². The Bertz CT molecular complexity index is 1560. The van der Waals surface area contributed by atoms with Gasteiger partial charge in [-0.15, -0.1) is 0 Å². The number of hydrogen-bond donors (Lipinski definition) is 1. The predicted octanol–water partition coefficient (Wildman–Crippen LogP) is 6.12. The Labute approximate surface area is 230 Å². The fraction of sp³-hybridized carbons (Fsp3) is 0.233. The van der Waals surface area contributed by atoms with Gasteiger partial charge >= 0.3 is 5.91 Å². The van der Waals surface area contributed by atoms with Gasteiger partial charge in [-0.25, -0.2) is 4.98 Å². The van der Waals surface area contributed by atoms with Crippen molar-refractivity contribution in [2.75, 3.05) is 24.7 Å². The van der Waals surface area contributed by atoms with Crippen molar-refractivity contribution in [2.24, 2.45) is 0 Å². The molecule has 3 aromatic carbocycles. The van der Waals surface area contributed by atoms with Crippen LogP contribution in [-0.4, -0.2) is 41.6 Å². The van der Waals surface area contributed by atoms with E-state index in [1.807, 2.05) is 39.0 Å². The Morgan fingerprint density at radius 3 is 2.21 bits per heavy atom. The lowest BCUT2D eigenvalue weighted by molar-refractivity contribution is -0.132. The summed E-state index contributed by atoms with van der Waals surface area (Å²) in [5.41, 5.74) is 1.66. The van der Waals surface area contributed by atoms with Crippen molar-refractivity contribution in [1.82, 2.24) is 4.98 Å². The first-order chi connectivity index (χ1) is 18.9. The van der Waals surface area contributed by atoms with Crippen LogP contribution in [0.3, 0.4) is 0 Å². The first-order valence-corrected chi connectivity index (χ1v) is 13.6. The van der Waals surface area contributed by atoms with Gasteiger partial charge in [0.1, 0.15) is 23.0 Å². The lowest BCUT2D eigenvalue weighted by Crippen LogP contribution is -2.29. The molecule has 39 heavy (non-hydrogen) atoms. The number of carbonyl (C=O) groups is 2. The molecule has 8 nitrogen and oxygen atoms in total. The summed E-state index contributed by atoms with van der Waals surface area (Å²) in [5, 5.41) is 11.8. The summed E-state index contributed by atoms with van der Waals surface area (Å²) in [6, 6.07) is 18.6. The van der Waals surface area contributed by atoms with Crippen molar-refractivity contribution in [1.29, 1.82) is 0 Å². The van der Waals surface area contributed by atoms with Crippen molar-refractivity contribution in [3.63, 3.8) is 0 Å². The molecule has 1 aliphatic rings. The number of nitrogens with zero attached hydrogens (tertiary/aromatic N) is 2.